The lowest BCUT2D eigenvalue weighted by Crippen LogP contribution is -2.17. The largest absolute Gasteiger partial charge is 0.495 e. The summed E-state index contributed by atoms with van der Waals surface area (Å²) in [7, 11) is 1.57. The predicted molar refractivity (Wildman–Crippen MR) is 78.6 cm³/mol. The predicted octanol–water partition coefficient (Wildman–Crippen LogP) is 2.31. The number of aromatic nitrogens is 1. The molecule has 0 aliphatic rings. The van der Waals surface area contributed by atoms with Crippen LogP contribution < -0.4 is 10.5 Å². The van der Waals surface area contributed by atoms with Crippen molar-refractivity contribution in [3.05, 3.63) is 53.3 Å². The molecule has 0 aliphatic carbocycles. The number of nitrogens with zero attached hydrogens (tertiary/aromatic N) is 2. The van der Waals surface area contributed by atoms with Gasteiger partial charge in [0.1, 0.15) is 11.8 Å². The number of nitrogens with two attached hydrogens (primary N) is 1. The summed E-state index contributed by atoms with van der Waals surface area (Å²) in [4.78, 5) is 0. The van der Waals surface area contributed by atoms with Gasteiger partial charge in [-0.05, 0) is 42.7 Å². The molecule has 1 aromatic carbocycles. The lowest BCUT2D eigenvalue weighted by Gasteiger charge is -2.07. The zero-order valence-electron chi connectivity index (χ0n) is 11.8. The molecule has 4 nitrogen and oxygen atoms in total. The zero-order valence-corrected chi connectivity index (χ0v) is 11.8. The molecule has 4 heteroatoms. The summed E-state index contributed by atoms with van der Waals surface area (Å²) in [5.41, 5.74) is 8.66. The van der Waals surface area contributed by atoms with Gasteiger partial charge in [-0.1, -0.05) is 6.07 Å². The second-order valence-corrected chi connectivity index (χ2v) is 5.02. The van der Waals surface area contributed by atoms with Crippen molar-refractivity contribution < 1.29 is 4.74 Å². The van der Waals surface area contributed by atoms with E-state index in [1.54, 1.807) is 7.11 Å². The van der Waals surface area contributed by atoms with E-state index < -0.39 is 0 Å². The van der Waals surface area contributed by atoms with Gasteiger partial charge in [0.05, 0.1) is 12.7 Å². The highest BCUT2D eigenvalue weighted by molar-refractivity contribution is 5.45. The molecule has 2 N–H and O–H groups in total. The zero-order chi connectivity index (χ0) is 14.5. The molecule has 0 aliphatic heterocycles. The number of hydrogen-bond donors (Lipinski definition) is 1. The van der Waals surface area contributed by atoms with Crippen LogP contribution >= 0.6 is 0 Å². The van der Waals surface area contributed by atoms with Crippen molar-refractivity contribution in [2.75, 3.05) is 7.11 Å². The minimum Gasteiger partial charge on any atom is -0.495 e. The molecule has 2 aromatic rings. The Bertz CT molecular complexity index is 623. The van der Waals surface area contributed by atoms with E-state index in [0.29, 0.717) is 11.3 Å². The lowest BCUT2D eigenvalue weighted by atomic mass is 10.1. The SMILES string of the molecule is COc1ccc(Cn2ccc(CC(C)N)c2)cc1C#N. The molecule has 2 rings (SSSR count). The Morgan fingerprint density at radius 3 is 2.80 bits per heavy atom. The van der Waals surface area contributed by atoms with Gasteiger partial charge in [-0.25, -0.2) is 0 Å². The highest BCUT2D eigenvalue weighted by Crippen LogP contribution is 2.19. The third kappa shape index (κ3) is 3.40. The van der Waals surface area contributed by atoms with Crippen molar-refractivity contribution in [2.45, 2.75) is 25.9 Å². The average molecular weight is 269 g/mol. The third-order valence-corrected chi connectivity index (χ3v) is 3.12. The molecule has 0 spiro atoms. The van der Waals surface area contributed by atoms with Gasteiger partial charge in [-0.15, -0.1) is 0 Å². The Morgan fingerprint density at radius 1 is 1.35 bits per heavy atom. The van der Waals surface area contributed by atoms with Crippen LogP contribution in [-0.2, 0) is 13.0 Å². The number of hydrogen-bond acceptors (Lipinski definition) is 3. The van der Waals surface area contributed by atoms with Gasteiger partial charge in [0.2, 0.25) is 0 Å². The fourth-order valence-corrected chi connectivity index (χ4v) is 2.23. The third-order valence-electron chi connectivity index (χ3n) is 3.12. The number of rotatable bonds is 5. The maximum absolute atomic E-state index is 9.09. The Balaban J connectivity index is 2.14. The normalized spacial score (nSPS) is 11.9. The molecule has 0 bridgehead atoms. The molecule has 0 saturated carbocycles. The molecule has 1 atom stereocenters. The topological polar surface area (TPSA) is 64.0 Å². The van der Waals surface area contributed by atoms with E-state index in [1.807, 2.05) is 31.3 Å². The van der Waals surface area contributed by atoms with Crippen LogP contribution in [-0.4, -0.2) is 17.7 Å². The van der Waals surface area contributed by atoms with Crippen LogP contribution in [0.5, 0.6) is 5.75 Å². The van der Waals surface area contributed by atoms with Crippen LogP contribution in [0.3, 0.4) is 0 Å². The van der Waals surface area contributed by atoms with E-state index in [2.05, 4.69) is 22.9 Å². The number of methoxy groups -OCH3 is 1. The van der Waals surface area contributed by atoms with Gasteiger partial charge in [0, 0.05) is 25.0 Å². The van der Waals surface area contributed by atoms with Crippen molar-refractivity contribution in [1.82, 2.24) is 4.57 Å². The van der Waals surface area contributed by atoms with Crippen molar-refractivity contribution in [1.29, 1.82) is 5.26 Å². The van der Waals surface area contributed by atoms with Gasteiger partial charge >= 0.3 is 0 Å². The van der Waals surface area contributed by atoms with E-state index in [4.69, 9.17) is 15.7 Å². The van der Waals surface area contributed by atoms with Gasteiger partial charge in [0.15, 0.2) is 0 Å². The fraction of sp³-hybridized carbons (Fsp3) is 0.312. The molecule has 0 saturated heterocycles. The second-order valence-electron chi connectivity index (χ2n) is 5.02. The first kappa shape index (κ1) is 14.2. The summed E-state index contributed by atoms with van der Waals surface area (Å²) in [5.74, 6) is 0.612. The first-order chi connectivity index (χ1) is 9.62. The average Bonchev–Trinajstić information content (AvgIpc) is 2.85. The van der Waals surface area contributed by atoms with E-state index in [1.165, 1.54) is 5.56 Å². The van der Waals surface area contributed by atoms with Gasteiger partial charge in [-0.2, -0.15) is 5.26 Å². The van der Waals surface area contributed by atoms with Crippen molar-refractivity contribution >= 4 is 0 Å². The first-order valence-electron chi connectivity index (χ1n) is 6.59. The molecule has 0 fully saturated rings. The molecular weight excluding hydrogens is 250 g/mol. The van der Waals surface area contributed by atoms with E-state index in [0.717, 1.165) is 18.5 Å². The minimum atomic E-state index is 0.164. The maximum atomic E-state index is 9.09. The maximum Gasteiger partial charge on any atom is 0.136 e. The summed E-state index contributed by atoms with van der Waals surface area (Å²) in [5, 5.41) is 9.09. The van der Waals surface area contributed by atoms with E-state index in [-0.39, 0.29) is 6.04 Å². The van der Waals surface area contributed by atoms with Gasteiger partial charge < -0.3 is 15.0 Å². The van der Waals surface area contributed by atoms with Crippen LogP contribution in [0.15, 0.2) is 36.7 Å². The van der Waals surface area contributed by atoms with Crippen molar-refractivity contribution in [2.24, 2.45) is 5.73 Å². The Morgan fingerprint density at radius 2 is 2.15 bits per heavy atom. The van der Waals surface area contributed by atoms with Crippen LogP contribution in [0, 0.1) is 11.3 Å². The molecule has 0 radical (unpaired) electrons. The summed E-state index contributed by atoms with van der Waals surface area (Å²) < 4.78 is 7.24. The van der Waals surface area contributed by atoms with Crippen molar-refractivity contribution in [3.63, 3.8) is 0 Å². The van der Waals surface area contributed by atoms with Crippen LogP contribution in [0.1, 0.15) is 23.6 Å². The van der Waals surface area contributed by atoms with Crippen LogP contribution in [0.2, 0.25) is 0 Å². The smallest absolute Gasteiger partial charge is 0.136 e. The fourth-order valence-electron chi connectivity index (χ4n) is 2.23. The summed E-state index contributed by atoms with van der Waals surface area (Å²) in [6.45, 7) is 2.73. The minimum absolute atomic E-state index is 0.164. The molecule has 1 unspecified atom stereocenters. The highest BCUT2D eigenvalue weighted by atomic mass is 16.5. The number of ether oxygens (including phenoxy) is 1. The second kappa shape index (κ2) is 6.27. The van der Waals surface area contributed by atoms with Gasteiger partial charge in [0.25, 0.3) is 0 Å². The molecule has 0 amide bonds. The molecule has 20 heavy (non-hydrogen) atoms. The quantitative estimate of drug-likeness (QED) is 0.906. The van der Waals surface area contributed by atoms with E-state index in [9.17, 15) is 0 Å². The summed E-state index contributed by atoms with van der Waals surface area (Å²) >= 11 is 0. The highest BCUT2D eigenvalue weighted by Gasteiger charge is 2.05. The standard InChI is InChI=1S/C16H19N3O/c1-12(18)7-14-5-6-19(11-14)10-13-3-4-16(20-2)15(8-13)9-17/h3-6,8,11-12H,7,10,18H2,1-2H3. The summed E-state index contributed by atoms with van der Waals surface area (Å²) in [6, 6.07) is 10.1. The molecule has 1 aromatic heterocycles. The van der Waals surface area contributed by atoms with Crippen LogP contribution in [0.4, 0.5) is 0 Å². The molecule has 104 valence electrons. The lowest BCUT2D eigenvalue weighted by molar-refractivity contribution is 0.413. The number of benzene rings is 1. The van der Waals surface area contributed by atoms with Crippen molar-refractivity contribution in [3.8, 4) is 11.8 Å². The molecule has 1 heterocycles. The van der Waals surface area contributed by atoms with Crippen LogP contribution in [0.25, 0.3) is 0 Å². The summed E-state index contributed by atoms with van der Waals surface area (Å²) in [6.07, 6.45) is 5.01. The Kier molecular flexibility index (Phi) is 4.44. The molecular formula is C16H19N3O. The Labute approximate surface area is 119 Å². The van der Waals surface area contributed by atoms with E-state index >= 15 is 0 Å². The van der Waals surface area contributed by atoms with Gasteiger partial charge in [-0.3, -0.25) is 0 Å². The number of nitriles is 1. The first-order valence-corrected chi connectivity index (χ1v) is 6.59. The monoisotopic (exact) mass is 269 g/mol. The Hall–Kier alpha value is -2.25.